The van der Waals surface area contributed by atoms with E-state index in [1.54, 1.807) is 7.05 Å². The number of hydrogen-bond donors (Lipinski definition) is 2. The van der Waals surface area contributed by atoms with E-state index in [2.05, 4.69) is 32.6 Å². The summed E-state index contributed by atoms with van der Waals surface area (Å²) in [5.74, 6) is 1.22. The van der Waals surface area contributed by atoms with Gasteiger partial charge in [0.05, 0.1) is 0 Å². The molecular formula is C25H38N4O2. The monoisotopic (exact) mass is 426 g/mol. The quantitative estimate of drug-likeness (QED) is 0.704. The molecule has 1 aromatic rings. The van der Waals surface area contributed by atoms with Gasteiger partial charge in [0.25, 0.3) is 0 Å². The van der Waals surface area contributed by atoms with Crippen molar-refractivity contribution in [1.29, 1.82) is 0 Å². The van der Waals surface area contributed by atoms with Gasteiger partial charge >= 0.3 is 6.03 Å². The van der Waals surface area contributed by atoms with Crippen molar-refractivity contribution in [3.05, 3.63) is 35.9 Å². The van der Waals surface area contributed by atoms with Crippen molar-refractivity contribution >= 4 is 11.9 Å². The summed E-state index contributed by atoms with van der Waals surface area (Å²) in [4.78, 5) is 29.9. The van der Waals surface area contributed by atoms with E-state index in [0.717, 1.165) is 25.8 Å². The maximum Gasteiger partial charge on any atom is 0.317 e. The molecule has 6 nitrogen and oxygen atoms in total. The Labute approximate surface area is 186 Å². The van der Waals surface area contributed by atoms with Crippen LogP contribution < -0.4 is 10.6 Å². The Kier molecular flexibility index (Phi) is 7.49. The van der Waals surface area contributed by atoms with Crippen LogP contribution in [0.5, 0.6) is 0 Å². The molecular weight excluding hydrogens is 388 g/mol. The van der Waals surface area contributed by atoms with Gasteiger partial charge in [0.15, 0.2) is 0 Å². The van der Waals surface area contributed by atoms with Gasteiger partial charge in [0, 0.05) is 38.6 Å². The van der Waals surface area contributed by atoms with Crippen LogP contribution in [0, 0.1) is 11.8 Å². The molecule has 0 spiro atoms. The van der Waals surface area contributed by atoms with E-state index in [4.69, 9.17) is 0 Å². The van der Waals surface area contributed by atoms with Crippen LogP contribution >= 0.6 is 0 Å². The zero-order valence-electron chi connectivity index (χ0n) is 18.9. The van der Waals surface area contributed by atoms with Gasteiger partial charge in [0.1, 0.15) is 0 Å². The molecule has 31 heavy (non-hydrogen) atoms. The topological polar surface area (TPSA) is 64.7 Å². The lowest BCUT2D eigenvalue weighted by molar-refractivity contribution is -0.120. The number of nitrogens with one attached hydrogen (secondary N) is 2. The third-order valence-corrected chi connectivity index (χ3v) is 7.65. The van der Waals surface area contributed by atoms with E-state index in [1.165, 1.54) is 44.3 Å². The predicted molar refractivity (Wildman–Crippen MR) is 123 cm³/mol. The van der Waals surface area contributed by atoms with E-state index in [0.29, 0.717) is 30.8 Å². The predicted octanol–water partition coefficient (Wildman–Crippen LogP) is 3.03. The van der Waals surface area contributed by atoms with Gasteiger partial charge in [-0.2, -0.15) is 0 Å². The number of carbonyl (C=O) groups is 2. The van der Waals surface area contributed by atoms with Crippen LogP contribution in [0.25, 0.3) is 0 Å². The van der Waals surface area contributed by atoms with Gasteiger partial charge in [-0.15, -0.1) is 0 Å². The normalized spacial score (nSPS) is 28.0. The highest BCUT2D eigenvalue weighted by Gasteiger charge is 2.49. The molecule has 3 aliphatic rings. The van der Waals surface area contributed by atoms with Crippen molar-refractivity contribution < 1.29 is 9.59 Å². The number of nitrogens with zero attached hydrogens (tertiary/aromatic N) is 2. The summed E-state index contributed by atoms with van der Waals surface area (Å²) in [5, 5.41) is 5.93. The molecule has 3 saturated heterocycles. The molecule has 4 atom stereocenters. The summed E-state index contributed by atoms with van der Waals surface area (Å²) in [7, 11) is 1.70. The van der Waals surface area contributed by atoms with Crippen LogP contribution in [-0.4, -0.2) is 67.0 Å². The SMILES string of the molecule is CNC(=O)CCC[C@@H]1[C@H]2CCCN3CCC[C@@H](CN1C(=O)NCCc1ccccc1)[C@@H]23. The lowest BCUT2D eigenvalue weighted by Gasteiger charge is -2.57. The molecule has 0 bridgehead atoms. The highest BCUT2D eigenvalue weighted by Crippen LogP contribution is 2.43. The van der Waals surface area contributed by atoms with E-state index in [-0.39, 0.29) is 18.0 Å². The third kappa shape index (κ3) is 5.22. The van der Waals surface area contributed by atoms with Crippen molar-refractivity contribution in [1.82, 2.24) is 20.4 Å². The number of benzene rings is 1. The van der Waals surface area contributed by atoms with E-state index in [1.807, 2.05) is 18.2 Å². The zero-order chi connectivity index (χ0) is 21.6. The summed E-state index contributed by atoms with van der Waals surface area (Å²) in [5.41, 5.74) is 1.25. The first kappa shape index (κ1) is 22.1. The van der Waals surface area contributed by atoms with E-state index >= 15 is 0 Å². The number of likely N-dealkylation sites (tertiary alicyclic amines) is 1. The summed E-state index contributed by atoms with van der Waals surface area (Å²) < 4.78 is 0. The van der Waals surface area contributed by atoms with Gasteiger partial charge in [0.2, 0.25) is 5.91 Å². The summed E-state index contributed by atoms with van der Waals surface area (Å²) in [6, 6.07) is 11.3. The Bertz CT molecular complexity index is 738. The van der Waals surface area contributed by atoms with Crippen molar-refractivity contribution in [3.8, 4) is 0 Å². The summed E-state index contributed by atoms with van der Waals surface area (Å²) in [6.45, 7) is 3.95. The third-order valence-electron chi connectivity index (χ3n) is 7.65. The molecule has 0 aliphatic carbocycles. The lowest BCUT2D eigenvalue weighted by atomic mass is 9.69. The van der Waals surface area contributed by atoms with Crippen LogP contribution in [0.2, 0.25) is 0 Å². The Hall–Kier alpha value is -2.08. The van der Waals surface area contributed by atoms with E-state index in [9.17, 15) is 9.59 Å². The smallest absolute Gasteiger partial charge is 0.317 e. The van der Waals surface area contributed by atoms with Crippen molar-refractivity contribution in [2.45, 2.75) is 63.5 Å². The van der Waals surface area contributed by atoms with Crippen LogP contribution in [-0.2, 0) is 11.2 Å². The largest absolute Gasteiger partial charge is 0.359 e. The van der Waals surface area contributed by atoms with Crippen molar-refractivity contribution in [2.75, 3.05) is 33.2 Å². The highest BCUT2D eigenvalue weighted by atomic mass is 16.2. The minimum atomic E-state index is 0.0852. The van der Waals surface area contributed by atoms with Crippen LogP contribution in [0.15, 0.2) is 30.3 Å². The first-order valence-electron chi connectivity index (χ1n) is 12.2. The number of urea groups is 1. The van der Waals surface area contributed by atoms with Crippen molar-refractivity contribution in [2.24, 2.45) is 11.8 Å². The fraction of sp³-hybridized carbons (Fsp3) is 0.680. The fourth-order valence-electron chi connectivity index (χ4n) is 6.26. The fourth-order valence-corrected chi connectivity index (χ4v) is 6.26. The van der Waals surface area contributed by atoms with Gasteiger partial charge in [-0.05, 0) is 75.4 Å². The van der Waals surface area contributed by atoms with E-state index < -0.39 is 0 Å². The molecule has 170 valence electrons. The molecule has 3 aliphatic heterocycles. The number of carbonyl (C=O) groups excluding carboxylic acids is 2. The van der Waals surface area contributed by atoms with Crippen molar-refractivity contribution in [3.63, 3.8) is 0 Å². The second-order valence-corrected chi connectivity index (χ2v) is 9.49. The molecule has 3 amide bonds. The van der Waals surface area contributed by atoms with Gasteiger partial charge < -0.3 is 15.5 Å². The molecule has 3 fully saturated rings. The highest BCUT2D eigenvalue weighted by molar-refractivity contribution is 5.76. The van der Waals surface area contributed by atoms with Gasteiger partial charge in [-0.1, -0.05) is 30.3 Å². The Morgan fingerprint density at radius 1 is 1.10 bits per heavy atom. The first-order chi connectivity index (χ1) is 15.2. The number of amides is 3. The van der Waals surface area contributed by atoms with Crippen LogP contribution in [0.1, 0.15) is 50.5 Å². The molecule has 1 aromatic carbocycles. The summed E-state index contributed by atoms with van der Waals surface area (Å²) >= 11 is 0. The molecule has 4 rings (SSSR count). The average Bonchev–Trinajstić information content (AvgIpc) is 2.81. The Morgan fingerprint density at radius 2 is 1.87 bits per heavy atom. The molecule has 2 N–H and O–H groups in total. The zero-order valence-corrected chi connectivity index (χ0v) is 18.9. The molecule has 0 unspecified atom stereocenters. The minimum Gasteiger partial charge on any atom is -0.359 e. The lowest BCUT2D eigenvalue weighted by Crippen LogP contribution is -2.66. The molecule has 3 heterocycles. The van der Waals surface area contributed by atoms with Gasteiger partial charge in [-0.3, -0.25) is 9.69 Å². The molecule has 0 radical (unpaired) electrons. The number of piperidine rings is 3. The minimum absolute atomic E-state index is 0.0852. The summed E-state index contributed by atoms with van der Waals surface area (Å²) in [6.07, 6.45) is 8.06. The second-order valence-electron chi connectivity index (χ2n) is 9.49. The number of hydrogen-bond acceptors (Lipinski definition) is 3. The Balaban J connectivity index is 1.43. The van der Waals surface area contributed by atoms with Crippen LogP contribution in [0.4, 0.5) is 4.79 Å². The Morgan fingerprint density at radius 3 is 2.65 bits per heavy atom. The molecule has 0 aromatic heterocycles. The standard InChI is InChI=1S/C25H38N4O2/c1-26-23(30)13-5-12-22-21-11-7-17-28-16-6-10-20(24(21)28)18-29(22)25(31)27-15-14-19-8-3-2-4-9-19/h2-4,8-9,20-22,24H,5-7,10-18H2,1H3,(H,26,30)(H,27,31)/t20-,21+,22+,24-/m0/s1. The number of rotatable bonds is 7. The maximum atomic E-state index is 13.3. The molecule has 0 saturated carbocycles. The molecule has 6 heteroatoms. The average molecular weight is 427 g/mol. The second kappa shape index (κ2) is 10.5. The first-order valence-corrected chi connectivity index (χ1v) is 12.2. The maximum absolute atomic E-state index is 13.3. The van der Waals surface area contributed by atoms with Gasteiger partial charge in [-0.25, -0.2) is 4.79 Å². The van der Waals surface area contributed by atoms with Crippen LogP contribution in [0.3, 0.4) is 0 Å².